The molecule has 16 heavy (non-hydrogen) atoms. The summed E-state index contributed by atoms with van der Waals surface area (Å²) < 4.78 is 0. The van der Waals surface area contributed by atoms with Crippen LogP contribution < -0.4 is 15.5 Å². The lowest BCUT2D eigenvalue weighted by atomic mass is 10.1. The molecule has 0 spiro atoms. The fourth-order valence-electron chi connectivity index (χ4n) is 2.56. The van der Waals surface area contributed by atoms with Gasteiger partial charge >= 0.3 is 0 Å². The number of fused-ring (bicyclic) bond motifs is 3. The van der Waals surface area contributed by atoms with Gasteiger partial charge in [0.15, 0.2) is 5.11 Å². The van der Waals surface area contributed by atoms with E-state index in [4.69, 9.17) is 12.2 Å². The Bertz CT molecular complexity index is 471. The Morgan fingerprint density at radius 1 is 1.44 bits per heavy atom. The van der Waals surface area contributed by atoms with E-state index >= 15 is 0 Å². The molecule has 0 aliphatic carbocycles. The Morgan fingerprint density at radius 2 is 2.25 bits per heavy atom. The summed E-state index contributed by atoms with van der Waals surface area (Å²) in [5.74, 6) is 0. The van der Waals surface area contributed by atoms with Gasteiger partial charge in [-0.15, -0.1) is 0 Å². The molecule has 3 rings (SSSR count). The van der Waals surface area contributed by atoms with Gasteiger partial charge in [0.05, 0.1) is 11.4 Å². The fourth-order valence-corrected chi connectivity index (χ4v) is 2.96. The minimum absolute atomic E-state index is 0.0571. The van der Waals surface area contributed by atoms with E-state index in [0.29, 0.717) is 0 Å². The normalized spacial score (nSPS) is 26.9. The van der Waals surface area contributed by atoms with Gasteiger partial charge in [0.1, 0.15) is 5.66 Å². The molecule has 2 aliphatic rings. The van der Waals surface area contributed by atoms with Crippen molar-refractivity contribution >= 4 is 28.7 Å². The maximum absolute atomic E-state index is 5.40. The molecule has 1 unspecified atom stereocenters. The summed E-state index contributed by atoms with van der Waals surface area (Å²) in [4.78, 5) is 2.20. The molecule has 84 valence electrons. The molecule has 0 radical (unpaired) electrons. The second-order valence-electron chi connectivity index (χ2n) is 4.74. The van der Waals surface area contributed by atoms with E-state index in [1.165, 1.54) is 16.9 Å². The fraction of sp³-hybridized carbons (Fsp3) is 0.417. The average molecular weight is 233 g/mol. The van der Waals surface area contributed by atoms with Gasteiger partial charge in [-0.1, -0.05) is 6.07 Å². The summed E-state index contributed by atoms with van der Waals surface area (Å²) in [6.45, 7) is 5.25. The van der Waals surface area contributed by atoms with Gasteiger partial charge in [0.2, 0.25) is 0 Å². The van der Waals surface area contributed by atoms with Crippen molar-refractivity contribution in [3.05, 3.63) is 23.8 Å². The summed E-state index contributed by atoms with van der Waals surface area (Å²) in [7, 11) is 0. The van der Waals surface area contributed by atoms with Crippen LogP contribution in [0.4, 0.5) is 11.4 Å². The standard InChI is InChI=1S/C12H15N3S/c1-8-3-4-10-9(7-8)14-12(2)5-6-13-11(16)15(10)12/h3-4,7,14H,5-6H2,1-2H3,(H,13,16). The summed E-state index contributed by atoms with van der Waals surface area (Å²) in [6, 6.07) is 6.45. The Kier molecular flexibility index (Phi) is 1.92. The first-order valence-corrected chi connectivity index (χ1v) is 5.98. The zero-order valence-corrected chi connectivity index (χ0v) is 10.3. The predicted molar refractivity (Wildman–Crippen MR) is 70.9 cm³/mol. The molecule has 0 aromatic heterocycles. The molecule has 0 bridgehead atoms. The summed E-state index contributed by atoms with van der Waals surface area (Å²) in [6.07, 6.45) is 1.04. The lowest BCUT2D eigenvalue weighted by Crippen LogP contribution is -2.60. The van der Waals surface area contributed by atoms with Crippen molar-refractivity contribution < 1.29 is 0 Å². The van der Waals surface area contributed by atoms with Crippen LogP contribution in [0.5, 0.6) is 0 Å². The van der Waals surface area contributed by atoms with Crippen molar-refractivity contribution in [2.75, 3.05) is 16.8 Å². The first kappa shape index (κ1) is 9.90. The van der Waals surface area contributed by atoms with Crippen molar-refractivity contribution in [3.63, 3.8) is 0 Å². The lowest BCUT2D eigenvalue weighted by molar-refractivity contribution is 0.472. The molecule has 2 N–H and O–H groups in total. The molecular weight excluding hydrogens is 218 g/mol. The molecule has 1 aromatic rings. The summed E-state index contributed by atoms with van der Waals surface area (Å²) >= 11 is 5.40. The van der Waals surface area contributed by atoms with Crippen LogP contribution in [0.3, 0.4) is 0 Å². The first-order chi connectivity index (χ1) is 7.60. The van der Waals surface area contributed by atoms with Crippen LogP contribution in [0.2, 0.25) is 0 Å². The number of nitrogens with one attached hydrogen (secondary N) is 2. The highest BCUT2D eigenvalue weighted by Gasteiger charge is 2.43. The first-order valence-electron chi connectivity index (χ1n) is 5.57. The third-order valence-corrected chi connectivity index (χ3v) is 3.71. The number of nitrogens with zero attached hydrogens (tertiary/aromatic N) is 1. The molecule has 0 saturated carbocycles. The Hall–Kier alpha value is -1.29. The van der Waals surface area contributed by atoms with Crippen molar-refractivity contribution in [1.29, 1.82) is 0 Å². The molecule has 3 nitrogen and oxygen atoms in total. The van der Waals surface area contributed by atoms with E-state index in [9.17, 15) is 0 Å². The number of aryl methyl sites for hydroxylation is 1. The van der Waals surface area contributed by atoms with Gasteiger partial charge in [-0.3, -0.25) is 4.90 Å². The molecule has 0 amide bonds. The van der Waals surface area contributed by atoms with Crippen molar-refractivity contribution in [2.45, 2.75) is 25.9 Å². The lowest BCUT2D eigenvalue weighted by Gasteiger charge is -2.41. The van der Waals surface area contributed by atoms with Gasteiger partial charge < -0.3 is 10.6 Å². The van der Waals surface area contributed by atoms with Gasteiger partial charge in [-0.05, 0) is 43.8 Å². The monoisotopic (exact) mass is 233 g/mol. The second-order valence-corrected chi connectivity index (χ2v) is 5.12. The zero-order chi connectivity index (χ0) is 11.3. The maximum atomic E-state index is 5.40. The third kappa shape index (κ3) is 1.23. The number of benzene rings is 1. The van der Waals surface area contributed by atoms with Crippen LogP contribution in [-0.4, -0.2) is 17.3 Å². The molecule has 1 atom stereocenters. The van der Waals surface area contributed by atoms with Crippen LogP contribution in [0.25, 0.3) is 0 Å². The number of anilines is 2. The molecule has 1 aromatic carbocycles. The topological polar surface area (TPSA) is 27.3 Å². The summed E-state index contributed by atoms with van der Waals surface area (Å²) in [5.41, 5.74) is 3.59. The zero-order valence-electron chi connectivity index (χ0n) is 9.50. The van der Waals surface area contributed by atoms with Gasteiger partial charge in [-0.2, -0.15) is 0 Å². The van der Waals surface area contributed by atoms with Crippen molar-refractivity contribution in [2.24, 2.45) is 0 Å². The Morgan fingerprint density at radius 3 is 3.06 bits per heavy atom. The number of hydrogen-bond acceptors (Lipinski definition) is 2. The smallest absolute Gasteiger partial charge is 0.175 e. The molecule has 1 fully saturated rings. The predicted octanol–water partition coefficient (Wildman–Crippen LogP) is 2.22. The van der Waals surface area contributed by atoms with E-state index in [1.807, 2.05) is 0 Å². The van der Waals surface area contributed by atoms with Gasteiger partial charge in [0.25, 0.3) is 0 Å². The van der Waals surface area contributed by atoms with Crippen LogP contribution in [-0.2, 0) is 0 Å². The second kappa shape index (κ2) is 3.10. The highest BCUT2D eigenvalue weighted by Crippen LogP contribution is 2.42. The van der Waals surface area contributed by atoms with Crippen LogP contribution >= 0.6 is 12.2 Å². The third-order valence-electron chi connectivity index (χ3n) is 3.38. The average Bonchev–Trinajstić information content (AvgIpc) is 2.49. The molecule has 1 saturated heterocycles. The van der Waals surface area contributed by atoms with Crippen molar-refractivity contribution in [1.82, 2.24) is 5.32 Å². The Labute approximate surface area is 101 Å². The largest absolute Gasteiger partial charge is 0.362 e. The highest BCUT2D eigenvalue weighted by molar-refractivity contribution is 7.80. The quantitative estimate of drug-likeness (QED) is 0.672. The minimum atomic E-state index is -0.0571. The van der Waals surface area contributed by atoms with Crippen LogP contribution in [0.15, 0.2) is 18.2 Å². The number of hydrogen-bond donors (Lipinski definition) is 2. The minimum Gasteiger partial charge on any atom is -0.362 e. The summed E-state index contributed by atoms with van der Waals surface area (Å²) in [5, 5.41) is 7.66. The van der Waals surface area contributed by atoms with E-state index in [2.05, 4.69) is 47.6 Å². The number of thiocarbonyl (C=S) groups is 1. The van der Waals surface area contributed by atoms with E-state index in [-0.39, 0.29) is 5.66 Å². The van der Waals surface area contributed by atoms with Crippen LogP contribution in [0, 0.1) is 6.92 Å². The molecular formula is C12H15N3S. The van der Waals surface area contributed by atoms with E-state index < -0.39 is 0 Å². The molecule has 2 aliphatic heterocycles. The number of rotatable bonds is 0. The van der Waals surface area contributed by atoms with Crippen molar-refractivity contribution in [3.8, 4) is 0 Å². The van der Waals surface area contributed by atoms with Gasteiger partial charge in [-0.25, -0.2) is 0 Å². The van der Waals surface area contributed by atoms with E-state index in [0.717, 1.165) is 18.1 Å². The SMILES string of the molecule is Cc1ccc2c(c1)NC1(C)CCNC(=S)N21. The highest BCUT2D eigenvalue weighted by atomic mass is 32.1. The maximum Gasteiger partial charge on any atom is 0.175 e. The Balaban J connectivity index is 2.13. The van der Waals surface area contributed by atoms with E-state index in [1.54, 1.807) is 0 Å². The van der Waals surface area contributed by atoms with Gasteiger partial charge in [0, 0.05) is 13.0 Å². The van der Waals surface area contributed by atoms with Crippen LogP contribution in [0.1, 0.15) is 18.9 Å². The molecule has 4 heteroatoms. The molecule has 2 heterocycles.